The molecule has 3 aromatic rings. The minimum absolute atomic E-state index is 0.168. The number of nitrogens with zero attached hydrogens (tertiary/aromatic N) is 2. The van der Waals surface area contributed by atoms with Crippen molar-refractivity contribution in [1.29, 1.82) is 0 Å². The predicted octanol–water partition coefficient (Wildman–Crippen LogP) is 5.91. The van der Waals surface area contributed by atoms with E-state index in [0.29, 0.717) is 19.4 Å². The first kappa shape index (κ1) is 25.9. The highest BCUT2D eigenvalue weighted by Gasteiger charge is 2.32. The first-order valence-electron chi connectivity index (χ1n) is 12.1. The minimum Gasteiger partial charge on any atom is -0.459 e. The van der Waals surface area contributed by atoms with Gasteiger partial charge in [0, 0.05) is 18.9 Å². The number of amides is 1. The van der Waals surface area contributed by atoms with Crippen LogP contribution in [-0.2, 0) is 27.3 Å². The number of benzene rings is 2. The fourth-order valence-corrected chi connectivity index (χ4v) is 3.86. The summed E-state index contributed by atoms with van der Waals surface area (Å²) in [6, 6.07) is 21.0. The molecule has 0 bridgehead atoms. The summed E-state index contributed by atoms with van der Waals surface area (Å²) in [7, 11) is 0. The Bertz CT molecular complexity index is 1050. The van der Waals surface area contributed by atoms with E-state index in [2.05, 4.69) is 17.1 Å². The van der Waals surface area contributed by atoms with Gasteiger partial charge in [-0.25, -0.2) is 9.59 Å². The van der Waals surface area contributed by atoms with Crippen molar-refractivity contribution in [2.24, 2.45) is 5.92 Å². The van der Waals surface area contributed by atoms with Gasteiger partial charge in [0.2, 0.25) is 0 Å². The zero-order valence-electron chi connectivity index (χ0n) is 20.7. The maximum Gasteiger partial charge on any atom is 0.410 e. The third kappa shape index (κ3) is 7.95. The summed E-state index contributed by atoms with van der Waals surface area (Å²) in [4.78, 5) is 31.6. The SMILES string of the molecule is CCOC(=O)N(CCc1ccc(-c2ccncc2)cc1)[C@@H](CC(C)C)C(=O)OCc1ccccc1. The van der Waals surface area contributed by atoms with Gasteiger partial charge >= 0.3 is 12.1 Å². The van der Waals surface area contributed by atoms with Gasteiger partial charge in [-0.3, -0.25) is 9.88 Å². The monoisotopic (exact) mass is 474 g/mol. The highest BCUT2D eigenvalue weighted by molar-refractivity contribution is 5.81. The molecule has 0 fully saturated rings. The number of ether oxygens (including phenoxy) is 2. The van der Waals surface area contributed by atoms with Gasteiger partial charge in [0.05, 0.1) is 6.61 Å². The Morgan fingerprint density at radius 1 is 0.857 bits per heavy atom. The average molecular weight is 475 g/mol. The minimum atomic E-state index is -0.714. The number of carbonyl (C=O) groups excluding carboxylic acids is 2. The molecule has 6 nitrogen and oxygen atoms in total. The molecule has 0 saturated carbocycles. The molecule has 0 aliphatic carbocycles. The van der Waals surface area contributed by atoms with Crippen LogP contribution in [0.3, 0.4) is 0 Å². The van der Waals surface area contributed by atoms with Crippen LogP contribution >= 0.6 is 0 Å². The number of pyridine rings is 1. The number of rotatable bonds is 11. The lowest BCUT2D eigenvalue weighted by molar-refractivity contribution is -0.151. The van der Waals surface area contributed by atoms with Crippen LogP contribution in [-0.4, -0.2) is 41.1 Å². The summed E-state index contributed by atoms with van der Waals surface area (Å²) in [6.45, 7) is 6.58. The Kier molecular flexibility index (Phi) is 9.84. The van der Waals surface area contributed by atoms with E-state index in [1.54, 1.807) is 19.3 Å². The summed E-state index contributed by atoms with van der Waals surface area (Å²) < 4.78 is 10.9. The van der Waals surface area contributed by atoms with Gasteiger partial charge in [-0.05, 0) is 60.1 Å². The molecule has 0 N–H and O–H groups in total. The molecule has 1 aromatic heterocycles. The van der Waals surface area contributed by atoms with E-state index < -0.39 is 18.1 Å². The van der Waals surface area contributed by atoms with E-state index >= 15 is 0 Å². The van der Waals surface area contributed by atoms with Crippen LogP contribution in [0.4, 0.5) is 4.79 Å². The number of carbonyl (C=O) groups is 2. The van der Waals surface area contributed by atoms with E-state index in [0.717, 1.165) is 22.3 Å². The van der Waals surface area contributed by atoms with Crippen molar-refractivity contribution in [3.63, 3.8) is 0 Å². The molecule has 1 amide bonds. The van der Waals surface area contributed by atoms with Crippen molar-refractivity contribution in [3.8, 4) is 11.1 Å². The molecular formula is C29H34N2O4. The van der Waals surface area contributed by atoms with Gasteiger partial charge in [0.15, 0.2) is 0 Å². The lowest BCUT2D eigenvalue weighted by Gasteiger charge is -2.30. The normalized spacial score (nSPS) is 11.7. The summed E-state index contributed by atoms with van der Waals surface area (Å²) in [5.74, 6) is -0.218. The third-order valence-corrected chi connectivity index (χ3v) is 5.68. The van der Waals surface area contributed by atoms with Crippen molar-refractivity contribution in [2.45, 2.75) is 46.3 Å². The first-order valence-corrected chi connectivity index (χ1v) is 12.1. The third-order valence-electron chi connectivity index (χ3n) is 5.68. The topological polar surface area (TPSA) is 68.7 Å². The van der Waals surface area contributed by atoms with E-state index in [4.69, 9.17) is 9.47 Å². The molecule has 35 heavy (non-hydrogen) atoms. The molecule has 2 aromatic carbocycles. The molecule has 3 rings (SSSR count). The Hall–Kier alpha value is -3.67. The zero-order chi connectivity index (χ0) is 25.0. The lowest BCUT2D eigenvalue weighted by atomic mass is 10.0. The molecule has 0 aliphatic rings. The molecule has 0 spiro atoms. The lowest BCUT2D eigenvalue weighted by Crippen LogP contribution is -2.47. The summed E-state index contributed by atoms with van der Waals surface area (Å²) in [6.07, 6.45) is 4.13. The Morgan fingerprint density at radius 2 is 1.51 bits per heavy atom. The zero-order valence-corrected chi connectivity index (χ0v) is 20.7. The van der Waals surface area contributed by atoms with Crippen LogP contribution < -0.4 is 0 Å². The van der Waals surface area contributed by atoms with Crippen molar-refractivity contribution in [1.82, 2.24) is 9.88 Å². The van der Waals surface area contributed by atoms with Crippen LogP contribution in [0, 0.1) is 5.92 Å². The fourth-order valence-electron chi connectivity index (χ4n) is 3.86. The molecule has 6 heteroatoms. The van der Waals surface area contributed by atoms with Crippen LogP contribution in [0.5, 0.6) is 0 Å². The number of esters is 1. The maximum atomic E-state index is 13.1. The molecule has 0 saturated heterocycles. The first-order chi connectivity index (χ1) is 17.0. The van der Waals surface area contributed by atoms with Crippen LogP contribution in [0.15, 0.2) is 79.1 Å². The highest BCUT2D eigenvalue weighted by Crippen LogP contribution is 2.20. The Balaban J connectivity index is 1.72. The van der Waals surface area contributed by atoms with Gasteiger partial charge in [0.1, 0.15) is 12.6 Å². The second-order valence-electron chi connectivity index (χ2n) is 8.81. The van der Waals surface area contributed by atoms with E-state index in [9.17, 15) is 9.59 Å². The van der Waals surface area contributed by atoms with Gasteiger partial charge in [-0.15, -0.1) is 0 Å². The van der Waals surface area contributed by atoms with E-state index in [-0.39, 0.29) is 19.1 Å². The van der Waals surface area contributed by atoms with Crippen molar-refractivity contribution >= 4 is 12.1 Å². The summed E-state index contributed by atoms with van der Waals surface area (Å²) in [5.41, 5.74) is 4.16. The average Bonchev–Trinajstić information content (AvgIpc) is 2.88. The smallest absolute Gasteiger partial charge is 0.410 e. The van der Waals surface area contributed by atoms with Gasteiger partial charge in [-0.1, -0.05) is 68.4 Å². The van der Waals surface area contributed by atoms with E-state index in [1.807, 2.05) is 68.4 Å². The Labute approximate surface area is 207 Å². The van der Waals surface area contributed by atoms with Crippen molar-refractivity contribution < 1.29 is 19.1 Å². The van der Waals surface area contributed by atoms with Gasteiger partial charge < -0.3 is 9.47 Å². The molecule has 184 valence electrons. The van der Waals surface area contributed by atoms with Gasteiger partial charge in [-0.2, -0.15) is 0 Å². The molecule has 0 unspecified atom stereocenters. The van der Waals surface area contributed by atoms with Crippen molar-refractivity contribution in [2.75, 3.05) is 13.2 Å². The van der Waals surface area contributed by atoms with Crippen LogP contribution in [0.1, 0.15) is 38.3 Å². The predicted molar refractivity (Wildman–Crippen MR) is 137 cm³/mol. The number of hydrogen-bond acceptors (Lipinski definition) is 5. The van der Waals surface area contributed by atoms with Crippen LogP contribution in [0.25, 0.3) is 11.1 Å². The van der Waals surface area contributed by atoms with Crippen LogP contribution in [0.2, 0.25) is 0 Å². The second kappa shape index (κ2) is 13.3. The van der Waals surface area contributed by atoms with E-state index in [1.165, 1.54) is 4.90 Å². The Morgan fingerprint density at radius 3 is 2.14 bits per heavy atom. The fraction of sp³-hybridized carbons (Fsp3) is 0.345. The highest BCUT2D eigenvalue weighted by atomic mass is 16.6. The maximum absolute atomic E-state index is 13.1. The standard InChI is InChI=1S/C29H34N2O4/c1-4-34-29(33)31(19-16-23-10-12-25(13-11-23)26-14-17-30-18-15-26)27(20-22(2)3)28(32)35-21-24-8-6-5-7-9-24/h5-15,17-18,22,27H,4,16,19-21H2,1-3H3/t27-/m0/s1. The number of hydrogen-bond donors (Lipinski definition) is 0. The second-order valence-corrected chi connectivity index (χ2v) is 8.81. The quantitative estimate of drug-likeness (QED) is 0.323. The molecule has 0 aliphatic heterocycles. The summed E-state index contributed by atoms with van der Waals surface area (Å²) in [5, 5.41) is 0. The molecule has 1 atom stereocenters. The molecular weight excluding hydrogens is 440 g/mol. The largest absolute Gasteiger partial charge is 0.459 e. The summed E-state index contributed by atoms with van der Waals surface area (Å²) >= 11 is 0. The molecule has 1 heterocycles. The van der Waals surface area contributed by atoms with Crippen molar-refractivity contribution in [3.05, 3.63) is 90.3 Å². The number of aromatic nitrogens is 1. The van der Waals surface area contributed by atoms with Gasteiger partial charge in [0.25, 0.3) is 0 Å². The molecule has 0 radical (unpaired) electrons.